The summed E-state index contributed by atoms with van der Waals surface area (Å²) in [5.41, 5.74) is -0.178. The molecule has 2 aromatic carbocycles. The second-order valence-electron chi connectivity index (χ2n) is 10.0. The van der Waals surface area contributed by atoms with Crippen LogP contribution in [0.15, 0.2) is 51.8 Å². The molecule has 202 valence electrons. The summed E-state index contributed by atoms with van der Waals surface area (Å²) in [6, 6.07) is 10.4. The summed E-state index contributed by atoms with van der Waals surface area (Å²) < 4.78 is 57.9. The van der Waals surface area contributed by atoms with Crippen molar-refractivity contribution in [2.45, 2.75) is 50.8 Å². The summed E-state index contributed by atoms with van der Waals surface area (Å²) in [5.74, 6) is -3.27. The lowest BCUT2D eigenvalue weighted by Gasteiger charge is -2.39. The maximum absolute atomic E-state index is 13.9. The van der Waals surface area contributed by atoms with E-state index in [0.717, 1.165) is 19.4 Å². The first-order valence-corrected chi connectivity index (χ1v) is 14.8. The molecule has 1 heterocycles. The largest absolute Gasteiger partial charge is 0.341 e. The van der Waals surface area contributed by atoms with Crippen LogP contribution in [0.2, 0.25) is 0 Å². The molecular weight excluding hydrogens is 532 g/mol. The number of amides is 1. The van der Waals surface area contributed by atoms with E-state index in [-0.39, 0.29) is 22.1 Å². The number of amidine groups is 1. The predicted molar refractivity (Wildman–Crippen MR) is 142 cm³/mol. The van der Waals surface area contributed by atoms with E-state index in [2.05, 4.69) is 14.4 Å². The minimum absolute atomic E-state index is 0.0285. The molecule has 0 spiro atoms. The van der Waals surface area contributed by atoms with Crippen LogP contribution in [0.1, 0.15) is 56.5 Å². The zero-order valence-corrected chi connectivity index (χ0v) is 22.9. The van der Waals surface area contributed by atoms with Gasteiger partial charge in [-0.2, -0.15) is 16.8 Å². The van der Waals surface area contributed by atoms with Gasteiger partial charge in [0.15, 0.2) is 11.6 Å². The molecule has 3 N–H and O–H groups in total. The Morgan fingerprint density at radius 3 is 2.50 bits per heavy atom. The van der Waals surface area contributed by atoms with Gasteiger partial charge in [0.05, 0.1) is 16.8 Å². The van der Waals surface area contributed by atoms with E-state index in [9.17, 15) is 31.2 Å². The van der Waals surface area contributed by atoms with Crippen LogP contribution in [0.25, 0.3) is 0 Å². The number of nitrogens with one attached hydrogen (secondary N) is 3. The van der Waals surface area contributed by atoms with Crippen molar-refractivity contribution in [1.29, 1.82) is 0 Å². The van der Waals surface area contributed by atoms with Gasteiger partial charge in [-0.15, -0.1) is 4.40 Å². The van der Waals surface area contributed by atoms with Gasteiger partial charge in [-0.05, 0) is 49.4 Å². The Hall–Kier alpha value is -3.58. The smallest absolute Gasteiger partial charge is 0.323 e. The van der Waals surface area contributed by atoms with E-state index < -0.39 is 49.0 Å². The molecule has 2 aliphatic rings. The Morgan fingerprint density at radius 1 is 1.16 bits per heavy atom. The first-order valence-electron chi connectivity index (χ1n) is 11.9. The first kappa shape index (κ1) is 27.5. The van der Waals surface area contributed by atoms with Crippen molar-refractivity contribution in [3.8, 4) is 0 Å². The van der Waals surface area contributed by atoms with Crippen LogP contribution in [0.3, 0.4) is 0 Å². The van der Waals surface area contributed by atoms with E-state index in [4.69, 9.17) is 0 Å². The van der Waals surface area contributed by atoms with Crippen molar-refractivity contribution in [1.82, 2.24) is 4.72 Å². The number of Topliss-reactive ketones (excluding diaryl/α,β-unsaturated/α-hetero) is 2. The van der Waals surface area contributed by atoms with Crippen molar-refractivity contribution >= 4 is 54.9 Å². The molecule has 4 rings (SSSR count). The number of hydrogen-bond acceptors (Lipinski definition) is 8. The topological polar surface area (TPSA) is 168 Å². The van der Waals surface area contributed by atoms with Crippen molar-refractivity contribution in [3.05, 3.63) is 53.6 Å². The molecule has 38 heavy (non-hydrogen) atoms. The van der Waals surface area contributed by atoms with E-state index in [1.165, 1.54) is 12.1 Å². The molecule has 0 radical (unpaired) electrons. The van der Waals surface area contributed by atoms with Crippen molar-refractivity contribution in [3.63, 3.8) is 0 Å². The lowest BCUT2D eigenvalue weighted by atomic mass is 9.63. The second kappa shape index (κ2) is 9.62. The van der Waals surface area contributed by atoms with Crippen molar-refractivity contribution in [2.75, 3.05) is 10.0 Å². The van der Waals surface area contributed by atoms with Gasteiger partial charge < -0.3 is 5.32 Å². The van der Waals surface area contributed by atoms with E-state index in [0.29, 0.717) is 23.5 Å². The highest BCUT2D eigenvalue weighted by atomic mass is 32.2. The lowest BCUT2D eigenvalue weighted by Crippen LogP contribution is -2.51. The fraction of sp³-hybridized carbons (Fsp3) is 0.360. The lowest BCUT2D eigenvalue weighted by molar-refractivity contribution is -0.125. The maximum atomic E-state index is 13.9. The highest BCUT2D eigenvalue weighted by Crippen LogP contribution is 2.43. The average molecular weight is 561 g/mol. The minimum atomic E-state index is -4.43. The summed E-state index contributed by atoms with van der Waals surface area (Å²) >= 11 is 0. The average Bonchev–Trinajstić information content (AvgIpc) is 2.81. The van der Waals surface area contributed by atoms with Crippen LogP contribution in [0.4, 0.5) is 11.4 Å². The predicted octanol–water partition coefficient (Wildman–Crippen LogP) is 2.77. The fourth-order valence-electron chi connectivity index (χ4n) is 4.73. The Morgan fingerprint density at radius 2 is 1.84 bits per heavy atom. The van der Waals surface area contributed by atoms with Gasteiger partial charge in [-0.3, -0.25) is 19.1 Å². The third-order valence-electron chi connectivity index (χ3n) is 6.62. The van der Waals surface area contributed by atoms with Crippen molar-refractivity contribution in [2.24, 2.45) is 16.2 Å². The highest BCUT2D eigenvalue weighted by molar-refractivity contribution is 7.91. The first-order chi connectivity index (χ1) is 17.6. The Kier molecular flexibility index (Phi) is 6.95. The zero-order valence-electron chi connectivity index (χ0n) is 21.2. The number of rotatable bonds is 7. The number of carbonyl (C=O) groups is 3. The van der Waals surface area contributed by atoms with Crippen molar-refractivity contribution < 1.29 is 31.2 Å². The Bertz CT molecular complexity index is 1600. The summed E-state index contributed by atoms with van der Waals surface area (Å²) in [4.78, 5) is 38.2. The van der Waals surface area contributed by atoms with Crippen LogP contribution in [0.5, 0.6) is 0 Å². The van der Waals surface area contributed by atoms with Gasteiger partial charge in [0.2, 0.25) is 5.91 Å². The molecule has 11 nitrogen and oxygen atoms in total. The number of nitrogens with zero attached hydrogens (tertiary/aromatic N) is 1. The van der Waals surface area contributed by atoms with E-state index in [1.807, 2.05) is 13.8 Å². The highest BCUT2D eigenvalue weighted by Gasteiger charge is 2.51. The molecule has 1 amide bonds. The maximum Gasteiger partial charge on any atom is 0.323 e. The van der Waals surface area contributed by atoms with Crippen LogP contribution in [0, 0.1) is 11.8 Å². The third kappa shape index (κ3) is 5.07. The molecule has 0 saturated carbocycles. The van der Waals surface area contributed by atoms with Crippen LogP contribution in [-0.2, 0) is 35.2 Å². The number of carbonyl (C=O) groups excluding carboxylic acids is 3. The quantitative estimate of drug-likeness (QED) is 0.434. The molecule has 0 fully saturated rings. The van der Waals surface area contributed by atoms with Gasteiger partial charge >= 0.3 is 10.2 Å². The number of fused-ring (bicyclic) bond motifs is 2. The molecule has 13 heteroatoms. The second-order valence-corrected chi connectivity index (χ2v) is 13.0. The van der Waals surface area contributed by atoms with Gasteiger partial charge in [0.1, 0.15) is 16.6 Å². The molecular formula is C25H28N4O7S2. The number of benzene rings is 2. The third-order valence-corrected chi connectivity index (χ3v) is 9.01. The van der Waals surface area contributed by atoms with Crippen LogP contribution >= 0.6 is 0 Å². The van der Waals surface area contributed by atoms with E-state index >= 15 is 0 Å². The Labute approximate surface area is 221 Å². The van der Waals surface area contributed by atoms with E-state index in [1.54, 1.807) is 35.9 Å². The standard InChI is InChI=1S/C25H28N4O7S2/c1-14(2)11-12-25(4)18-8-6-5-7-17(18)22(31)21(23(25)32)24-26-19-10-9-16(13-20(19)37(33,34)29-24)28-38(35,36)27-15(3)30/h5-10,13-14,21,28H,11-12H2,1-4H3,(H,26,29)(H,27,30). The number of ketones is 2. The number of hydrogen-bond donors (Lipinski definition) is 3. The fourth-order valence-corrected chi connectivity index (χ4v) is 6.77. The molecule has 2 unspecified atom stereocenters. The summed E-state index contributed by atoms with van der Waals surface area (Å²) in [7, 11) is -8.71. The molecule has 0 saturated heterocycles. The normalized spacial score (nSPS) is 22.1. The molecule has 1 aliphatic heterocycles. The number of anilines is 2. The monoisotopic (exact) mass is 560 g/mol. The van der Waals surface area contributed by atoms with Gasteiger partial charge in [0, 0.05) is 12.5 Å². The number of sulfonamides is 1. The van der Waals surface area contributed by atoms with Crippen LogP contribution in [-0.4, -0.2) is 40.1 Å². The molecule has 1 aliphatic carbocycles. The summed E-state index contributed by atoms with van der Waals surface area (Å²) in [6.45, 7) is 6.85. The zero-order chi connectivity index (χ0) is 28.0. The summed E-state index contributed by atoms with van der Waals surface area (Å²) in [5, 5.41) is 2.82. The molecule has 2 atom stereocenters. The van der Waals surface area contributed by atoms with Gasteiger partial charge in [-0.25, -0.2) is 4.72 Å². The van der Waals surface area contributed by atoms with Gasteiger partial charge in [-0.1, -0.05) is 38.1 Å². The Balaban J connectivity index is 1.74. The molecule has 0 bridgehead atoms. The SMILES string of the molecule is CC(=O)NS(=O)(=O)Nc1ccc2c(c1)S(=O)(=O)N=C(C1C(=O)c3ccccc3C(C)(CCC(C)C)C1=O)N2. The summed E-state index contributed by atoms with van der Waals surface area (Å²) in [6.07, 6.45) is 1.19. The minimum Gasteiger partial charge on any atom is -0.341 e. The molecule has 0 aromatic heterocycles. The van der Waals surface area contributed by atoms with Crippen LogP contribution < -0.4 is 14.8 Å². The molecule has 2 aromatic rings. The van der Waals surface area contributed by atoms with Gasteiger partial charge in [0.25, 0.3) is 10.0 Å².